The normalized spacial score (nSPS) is 9.88. The van der Waals surface area contributed by atoms with Crippen LogP contribution in [0.2, 0.25) is 0 Å². The molecule has 0 radical (unpaired) electrons. The number of hydrogen-bond donors (Lipinski definition) is 0. The molecule has 0 aliphatic heterocycles. The summed E-state index contributed by atoms with van der Waals surface area (Å²) in [5.41, 5.74) is 0. The molecule has 16 heavy (non-hydrogen) atoms. The molecular formula is C12H23BrMgO2. The molecule has 0 atom stereocenters. The zero-order valence-corrected chi connectivity index (χ0v) is 13.4. The Morgan fingerprint density at radius 1 is 1.06 bits per heavy atom. The third-order valence-corrected chi connectivity index (χ3v) is 1.82. The molecule has 0 aromatic rings. The molecule has 0 aliphatic carbocycles. The van der Waals surface area contributed by atoms with E-state index in [9.17, 15) is 0 Å². The summed E-state index contributed by atoms with van der Waals surface area (Å²) in [5, 5.41) is 0. The summed E-state index contributed by atoms with van der Waals surface area (Å²) in [5.74, 6) is 0. The average molecular weight is 304 g/mol. The second-order valence-electron chi connectivity index (χ2n) is 3.19. The minimum atomic E-state index is 0. The van der Waals surface area contributed by atoms with Crippen LogP contribution in [0.15, 0.2) is 12.2 Å². The van der Waals surface area contributed by atoms with E-state index in [-0.39, 0.29) is 40.0 Å². The molecular weight excluding hydrogens is 280 g/mol. The quantitative estimate of drug-likeness (QED) is 0.185. The van der Waals surface area contributed by atoms with Crippen LogP contribution in [-0.2, 0) is 9.47 Å². The fourth-order valence-electron chi connectivity index (χ4n) is 1.02. The van der Waals surface area contributed by atoms with Crippen molar-refractivity contribution in [3.63, 3.8) is 0 Å². The van der Waals surface area contributed by atoms with Crippen LogP contribution in [0.5, 0.6) is 0 Å². The van der Waals surface area contributed by atoms with Crippen LogP contribution < -0.4 is 17.0 Å². The number of halogens is 1. The van der Waals surface area contributed by atoms with Gasteiger partial charge in [0.05, 0.1) is 6.61 Å². The van der Waals surface area contributed by atoms with Gasteiger partial charge >= 0.3 is 23.1 Å². The third-order valence-electron chi connectivity index (χ3n) is 1.82. The molecule has 0 aromatic heterocycles. The minimum absolute atomic E-state index is 0. The maximum absolute atomic E-state index is 5.28. The molecule has 92 valence electrons. The monoisotopic (exact) mass is 302 g/mol. The van der Waals surface area contributed by atoms with E-state index in [1.807, 2.05) is 6.08 Å². The van der Waals surface area contributed by atoms with Crippen molar-refractivity contribution in [2.24, 2.45) is 0 Å². The minimum Gasteiger partial charge on any atom is -1.00 e. The number of unbranched alkanes of at least 4 members (excludes halogenated alkanes) is 2. The fraction of sp³-hybridized carbons (Fsp3) is 0.750. The zero-order chi connectivity index (χ0) is 10.5. The Morgan fingerprint density at radius 3 is 2.38 bits per heavy atom. The van der Waals surface area contributed by atoms with E-state index in [1.165, 1.54) is 12.8 Å². The van der Waals surface area contributed by atoms with E-state index in [2.05, 4.69) is 19.9 Å². The van der Waals surface area contributed by atoms with Gasteiger partial charge in [-0.25, -0.2) is 0 Å². The fourth-order valence-corrected chi connectivity index (χ4v) is 1.02. The van der Waals surface area contributed by atoms with Crippen molar-refractivity contribution in [3.05, 3.63) is 19.1 Å². The summed E-state index contributed by atoms with van der Waals surface area (Å²) < 4.78 is 10.6. The number of rotatable bonds is 10. The van der Waals surface area contributed by atoms with Gasteiger partial charge in [0.1, 0.15) is 6.79 Å². The van der Waals surface area contributed by atoms with Gasteiger partial charge in [0.2, 0.25) is 0 Å². The Balaban J connectivity index is -0.000000845. The first-order valence-electron chi connectivity index (χ1n) is 5.51. The largest absolute Gasteiger partial charge is 2.00 e. The summed E-state index contributed by atoms with van der Waals surface area (Å²) in [4.78, 5) is 0. The zero-order valence-electron chi connectivity index (χ0n) is 10.4. The van der Waals surface area contributed by atoms with Crippen LogP contribution in [0.3, 0.4) is 0 Å². The molecule has 0 unspecified atom stereocenters. The summed E-state index contributed by atoms with van der Waals surface area (Å²) in [6, 6.07) is 0. The summed E-state index contributed by atoms with van der Waals surface area (Å²) >= 11 is 0. The first-order valence-corrected chi connectivity index (χ1v) is 5.51. The van der Waals surface area contributed by atoms with Gasteiger partial charge in [0, 0.05) is 6.61 Å². The van der Waals surface area contributed by atoms with E-state index >= 15 is 0 Å². The average Bonchev–Trinajstić information content (AvgIpc) is 2.21. The van der Waals surface area contributed by atoms with Gasteiger partial charge in [-0.3, -0.25) is 0 Å². The predicted octanol–water partition coefficient (Wildman–Crippen LogP) is -0.0390. The van der Waals surface area contributed by atoms with Crippen LogP contribution in [0.4, 0.5) is 0 Å². The number of hydrogen-bond acceptors (Lipinski definition) is 2. The first-order chi connectivity index (χ1) is 6.91. The Labute approximate surface area is 127 Å². The van der Waals surface area contributed by atoms with Crippen molar-refractivity contribution in [1.82, 2.24) is 0 Å². The SMILES string of the molecule is [Br-].[CH2-]C/C=C/CCOCOCCCCC.[Mg+2]. The standard InChI is InChI=1S/C12H23O2.BrH.Mg/c1-3-5-7-9-11-14-12-13-10-8-6-4-2;;/h5,7H,1,3-4,6,8-12H2,2H3;1H;/q-1;;+2/p-1/b7-5+;;. The summed E-state index contributed by atoms with van der Waals surface area (Å²) in [7, 11) is 0. The van der Waals surface area contributed by atoms with Crippen molar-refractivity contribution < 1.29 is 26.5 Å². The Hall–Kier alpha value is 0.906. The van der Waals surface area contributed by atoms with Crippen molar-refractivity contribution in [1.29, 1.82) is 0 Å². The Bertz CT molecular complexity index is 132. The van der Waals surface area contributed by atoms with Gasteiger partial charge in [-0.05, 0) is 12.8 Å². The van der Waals surface area contributed by atoms with E-state index in [0.717, 1.165) is 32.5 Å². The van der Waals surface area contributed by atoms with E-state index in [0.29, 0.717) is 6.79 Å². The van der Waals surface area contributed by atoms with Crippen LogP contribution in [0.25, 0.3) is 0 Å². The van der Waals surface area contributed by atoms with Gasteiger partial charge in [-0.1, -0.05) is 25.8 Å². The van der Waals surface area contributed by atoms with Gasteiger partial charge in [0.15, 0.2) is 0 Å². The van der Waals surface area contributed by atoms with Crippen LogP contribution >= 0.6 is 0 Å². The maximum Gasteiger partial charge on any atom is 2.00 e. The molecule has 0 bridgehead atoms. The topological polar surface area (TPSA) is 18.5 Å². The third kappa shape index (κ3) is 20.3. The predicted molar refractivity (Wildman–Crippen MR) is 65.8 cm³/mol. The molecule has 0 heterocycles. The Morgan fingerprint density at radius 2 is 1.75 bits per heavy atom. The smallest absolute Gasteiger partial charge is 1.00 e. The molecule has 0 N–H and O–H groups in total. The first kappa shape index (κ1) is 22.1. The molecule has 0 rings (SSSR count). The Kier molecular flexibility index (Phi) is 29.3. The molecule has 0 aromatic carbocycles. The second-order valence-corrected chi connectivity index (χ2v) is 3.19. The molecule has 0 spiro atoms. The van der Waals surface area contributed by atoms with Gasteiger partial charge in [-0.15, -0.1) is 6.08 Å². The molecule has 0 aliphatic rings. The van der Waals surface area contributed by atoms with Crippen molar-refractivity contribution in [2.75, 3.05) is 20.0 Å². The summed E-state index contributed by atoms with van der Waals surface area (Å²) in [6.07, 6.45) is 9.56. The molecule has 2 nitrogen and oxygen atoms in total. The van der Waals surface area contributed by atoms with Crippen LogP contribution in [0, 0.1) is 6.92 Å². The molecule has 0 amide bonds. The van der Waals surface area contributed by atoms with Gasteiger partial charge in [0.25, 0.3) is 0 Å². The molecule has 0 fully saturated rings. The van der Waals surface area contributed by atoms with E-state index < -0.39 is 0 Å². The molecule has 0 saturated heterocycles. The van der Waals surface area contributed by atoms with Crippen molar-refractivity contribution in [2.45, 2.75) is 39.0 Å². The van der Waals surface area contributed by atoms with Gasteiger partial charge in [-0.2, -0.15) is 6.42 Å². The van der Waals surface area contributed by atoms with Gasteiger partial charge < -0.3 is 33.4 Å². The van der Waals surface area contributed by atoms with Crippen LogP contribution in [-0.4, -0.2) is 43.1 Å². The number of allylic oxidation sites excluding steroid dienone is 1. The molecule has 0 saturated carbocycles. The van der Waals surface area contributed by atoms with E-state index in [1.54, 1.807) is 0 Å². The van der Waals surface area contributed by atoms with Crippen LogP contribution in [0.1, 0.15) is 39.0 Å². The van der Waals surface area contributed by atoms with Crippen molar-refractivity contribution >= 4 is 23.1 Å². The van der Waals surface area contributed by atoms with E-state index in [4.69, 9.17) is 9.47 Å². The number of ether oxygens (including phenoxy) is 2. The summed E-state index contributed by atoms with van der Waals surface area (Å²) in [6.45, 7) is 7.89. The second kappa shape index (κ2) is 21.2. The van der Waals surface area contributed by atoms with Crippen molar-refractivity contribution in [3.8, 4) is 0 Å². The molecule has 4 heteroatoms. The maximum atomic E-state index is 5.28.